The maximum absolute atomic E-state index is 12.5. The van der Waals surface area contributed by atoms with E-state index in [9.17, 15) is 4.79 Å². The van der Waals surface area contributed by atoms with Gasteiger partial charge in [0, 0.05) is 5.56 Å². The molecular formula is C20H21N3O2. The molecule has 25 heavy (non-hydrogen) atoms. The number of nitrogens with zero attached hydrogens (tertiary/aromatic N) is 2. The highest BCUT2D eigenvalue weighted by molar-refractivity contribution is 5.93. The van der Waals surface area contributed by atoms with Gasteiger partial charge < -0.3 is 0 Å². The number of hydrogen-bond acceptors (Lipinski definition) is 3. The van der Waals surface area contributed by atoms with Crippen LogP contribution in [-0.2, 0) is 4.84 Å². The van der Waals surface area contributed by atoms with Gasteiger partial charge in [-0.1, -0.05) is 30.3 Å². The number of carbonyl (C=O) groups is 1. The first-order chi connectivity index (χ1) is 12.1. The summed E-state index contributed by atoms with van der Waals surface area (Å²) in [5.74, 6) is -0.326. The maximum atomic E-state index is 12.5. The lowest BCUT2D eigenvalue weighted by Gasteiger charge is -2.07. The smallest absolute Gasteiger partial charge is 0.274 e. The fourth-order valence-corrected chi connectivity index (χ4v) is 2.54. The Balaban J connectivity index is 2.07. The van der Waals surface area contributed by atoms with E-state index in [0.717, 1.165) is 16.9 Å². The minimum Gasteiger partial charge on any atom is -0.274 e. The Morgan fingerprint density at radius 3 is 2.52 bits per heavy atom. The third-order valence-electron chi connectivity index (χ3n) is 4.05. The third-order valence-corrected chi connectivity index (χ3v) is 4.05. The molecule has 0 saturated heterocycles. The lowest BCUT2D eigenvalue weighted by atomic mass is 10.0. The number of hydrogen-bond donors (Lipinski definition) is 1. The highest BCUT2D eigenvalue weighted by Crippen LogP contribution is 2.24. The van der Waals surface area contributed by atoms with Crippen LogP contribution in [0.1, 0.15) is 28.5 Å². The summed E-state index contributed by atoms with van der Waals surface area (Å²) in [5.41, 5.74) is 7.82. The van der Waals surface area contributed by atoms with Crippen LogP contribution < -0.4 is 5.48 Å². The van der Waals surface area contributed by atoms with Crippen molar-refractivity contribution in [2.24, 2.45) is 0 Å². The van der Waals surface area contributed by atoms with Crippen molar-refractivity contribution in [1.82, 2.24) is 15.3 Å². The van der Waals surface area contributed by atoms with Crippen molar-refractivity contribution in [1.29, 1.82) is 0 Å². The van der Waals surface area contributed by atoms with Crippen molar-refractivity contribution in [2.45, 2.75) is 20.8 Å². The first-order valence-corrected chi connectivity index (χ1v) is 8.25. The normalized spacial score (nSPS) is 10.7. The number of hydroxylamine groups is 1. The van der Waals surface area contributed by atoms with Crippen LogP contribution in [0.3, 0.4) is 0 Å². The fraction of sp³-hybridized carbons (Fsp3) is 0.200. The van der Waals surface area contributed by atoms with Gasteiger partial charge in [0.2, 0.25) is 0 Å². The molecule has 0 atom stereocenters. The minimum atomic E-state index is -0.326. The van der Waals surface area contributed by atoms with Crippen LogP contribution in [0.25, 0.3) is 16.9 Å². The van der Waals surface area contributed by atoms with Crippen molar-refractivity contribution in [2.75, 3.05) is 6.61 Å². The highest BCUT2D eigenvalue weighted by atomic mass is 16.6. The number of aryl methyl sites for hydroxylation is 2. The Morgan fingerprint density at radius 1 is 1.08 bits per heavy atom. The predicted octanol–water partition coefficient (Wildman–Crippen LogP) is 3.84. The van der Waals surface area contributed by atoms with E-state index in [0.29, 0.717) is 12.3 Å². The molecule has 0 aliphatic carbocycles. The topological polar surface area (TPSA) is 56.1 Å². The standard InChI is InChI=1S/C20H21N3O2/c1-4-25-22-20(24)19-13-18(16-11-10-14(2)15(3)12-16)21-23(19)17-8-6-5-7-9-17/h5-13H,4H2,1-3H3,(H,22,24). The van der Waals surface area contributed by atoms with Crippen molar-refractivity contribution >= 4 is 5.91 Å². The molecule has 0 aliphatic rings. The first-order valence-electron chi connectivity index (χ1n) is 8.25. The minimum absolute atomic E-state index is 0.326. The SMILES string of the molecule is CCONC(=O)c1cc(-c2ccc(C)c(C)c2)nn1-c1ccccc1. The Bertz CT molecular complexity index is 885. The molecule has 3 aromatic rings. The molecule has 1 N–H and O–H groups in total. The molecule has 0 fully saturated rings. The van der Waals surface area contributed by atoms with Crippen molar-refractivity contribution in [3.05, 3.63) is 71.4 Å². The second kappa shape index (κ2) is 7.32. The van der Waals surface area contributed by atoms with Crippen molar-refractivity contribution in [3.8, 4) is 16.9 Å². The summed E-state index contributed by atoms with van der Waals surface area (Å²) in [6.45, 7) is 6.35. The molecule has 128 valence electrons. The zero-order valence-electron chi connectivity index (χ0n) is 14.6. The Kier molecular flexibility index (Phi) is 4.95. The molecule has 1 aromatic heterocycles. The van der Waals surface area contributed by atoms with E-state index >= 15 is 0 Å². The number of rotatable bonds is 5. The molecule has 0 bridgehead atoms. The van der Waals surface area contributed by atoms with Crippen LogP contribution in [0.15, 0.2) is 54.6 Å². The van der Waals surface area contributed by atoms with Gasteiger partial charge in [-0.25, -0.2) is 10.2 Å². The van der Waals surface area contributed by atoms with Crippen LogP contribution in [0.2, 0.25) is 0 Å². The Morgan fingerprint density at radius 2 is 1.84 bits per heavy atom. The van der Waals surface area contributed by atoms with Gasteiger partial charge >= 0.3 is 0 Å². The van der Waals surface area contributed by atoms with Gasteiger partial charge in [0.25, 0.3) is 5.91 Å². The molecule has 0 spiro atoms. The molecule has 2 aromatic carbocycles. The van der Waals surface area contributed by atoms with E-state index in [2.05, 4.69) is 36.6 Å². The molecule has 5 nitrogen and oxygen atoms in total. The van der Waals surface area contributed by atoms with Gasteiger partial charge in [-0.05, 0) is 56.2 Å². The summed E-state index contributed by atoms with van der Waals surface area (Å²) in [6, 6.07) is 17.5. The summed E-state index contributed by atoms with van der Waals surface area (Å²) >= 11 is 0. The van der Waals surface area contributed by atoms with Gasteiger partial charge in [-0.3, -0.25) is 9.63 Å². The zero-order valence-corrected chi connectivity index (χ0v) is 14.6. The summed E-state index contributed by atoms with van der Waals surface area (Å²) in [5, 5.41) is 4.65. The van der Waals surface area contributed by atoms with Gasteiger partial charge in [-0.15, -0.1) is 0 Å². The van der Waals surface area contributed by atoms with Gasteiger partial charge in [0.05, 0.1) is 18.0 Å². The van der Waals surface area contributed by atoms with Crippen LogP contribution in [-0.4, -0.2) is 22.3 Å². The highest BCUT2D eigenvalue weighted by Gasteiger charge is 2.18. The van der Waals surface area contributed by atoms with E-state index in [1.807, 2.05) is 43.3 Å². The van der Waals surface area contributed by atoms with Crippen LogP contribution in [0.4, 0.5) is 0 Å². The molecule has 3 rings (SSSR count). The Hall–Kier alpha value is -2.92. The molecule has 0 radical (unpaired) electrons. The van der Waals surface area contributed by atoms with E-state index in [-0.39, 0.29) is 5.91 Å². The van der Waals surface area contributed by atoms with Crippen LogP contribution >= 0.6 is 0 Å². The molecule has 5 heteroatoms. The second-order valence-electron chi connectivity index (χ2n) is 5.83. The second-order valence-corrected chi connectivity index (χ2v) is 5.83. The van der Waals surface area contributed by atoms with Gasteiger partial charge in [0.1, 0.15) is 5.69 Å². The number of carbonyl (C=O) groups excluding carboxylic acids is 1. The van der Waals surface area contributed by atoms with Crippen molar-refractivity contribution < 1.29 is 9.63 Å². The third kappa shape index (κ3) is 3.61. The summed E-state index contributed by atoms with van der Waals surface area (Å²) in [4.78, 5) is 17.5. The molecular weight excluding hydrogens is 314 g/mol. The predicted molar refractivity (Wildman–Crippen MR) is 97.6 cm³/mol. The van der Waals surface area contributed by atoms with Crippen molar-refractivity contribution in [3.63, 3.8) is 0 Å². The van der Waals surface area contributed by atoms with Crippen LogP contribution in [0.5, 0.6) is 0 Å². The largest absolute Gasteiger partial charge is 0.293 e. The molecule has 1 amide bonds. The average molecular weight is 335 g/mol. The Labute approximate surface area is 147 Å². The van der Waals surface area contributed by atoms with E-state index in [1.54, 1.807) is 10.7 Å². The lowest BCUT2D eigenvalue weighted by molar-refractivity contribution is 0.0357. The fourth-order valence-electron chi connectivity index (χ4n) is 2.54. The molecule has 1 heterocycles. The van der Waals surface area contributed by atoms with Gasteiger partial charge in [0.15, 0.2) is 0 Å². The zero-order chi connectivity index (χ0) is 17.8. The summed E-state index contributed by atoms with van der Waals surface area (Å²) < 4.78 is 1.64. The summed E-state index contributed by atoms with van der Waals surface area (Å²) in [6.07, 6.45) is 0. The lowest BCUT2D eigenvalue weighted by Crippen LogP contribution is -2.26. The van der Waals surface area contributed by atoms with Gasteiger partial charge in [-0.2, -0.15) is 5.10 Å². The molecule has 0 unspecified atom stereocenters. The van der Waals surface area contributed by atoms with E-state index < -0.39 is 0 Å². The van der Waals surface area contributed by atoms with Crippen LogP contribution in [0, 0.1) is 13.8 Å². The average Bonchev–Trinajstić information content (AvgIpc) is 3.08. The molecule has 0 saturated carbocycles. The number of nitrogens with one attached hydrogen (secondary N) is 1. The van der Waals surface area contributed by atoms with E-state index in [4.69, 9.17) is 4.84 Å². The van der Waals surface area contributed by atoms with E-state index in [1.165, 1.54) is 11.1 Å². The number of amides is 1. The molecule has 0 aliphatic heterocycles. The quantitative estimate of drug-likeness (QED) is 0.721. The number of benzene rings is 2. The maximum Gasteiger partial charge on any atom is 0.293 e. The monoisotopic (exact) mass is 335 g/mol. The summed E-state index contributed by atoms with van der Waals surface area (Å²) in [7, 11) is 0. The first kappa shape index (κ1) is 16.9. The number of aromatic nitrogens is 2. The number of para-hydroxylation sites is 1.